The first-order chi connectivity index (χ1) is 14.7. The normalized spacial score (nSPS) is 16.5. The van der Waals surface area contributed by atoms with Crippen molar-refractivity contribution < 1.29 is 23.9 Å². The number of methoxy groups -OCH3 is 1. The lowest BCUT2D eigenvalue weighted by molar-refractivity contribution is -0.136. The summed E-state index contributed by atoms with van der Waals surface area (Å²) in [5.41, 5.74) is -0.0623. The minimum atomic E-state index is -0.652. The van der Waals surface area contributed by atoms with Crippen LogP contribution in [0.4, 0.5) is 4.79 Å². The Hall–Kier alpha value is -2.61. The summed E-state index contributed by atoms with van der Waals surface area (Å²) in [6.07, 6.45) is 2.17. The Morgan fingerprint density at radius 2 is 1.87 bits per heavy atom. The fourth-order valence-corrected chi connectivity index (χ4v) is 3.46. The van der Waals surface area contributed by atoms with Crippen LogP contribution in [-0.2, 0) is 14.3 Å². The van der Waals surface area contributed by atoms with E-state index in [1.165, 1.54) is 4.90 Å². The van der Waals surface area contributed by atoms with Crippen molar-refractivity contribution in [2.24, 2.45) is 0 Å². The van der Waals surface area contributed by atoms with Gasteiger partial charge in [-0.2, -0.15) is 0 Å². The summed E-state index contributed by atoms with van der Waals surface area (Å²) in [6.45, 7) is 6.85. The predicted molar refractivity (Wildman–Crippen MR) is 118 cm³/mol. The molecule has 0 radical (unpaired) electrons. The molecule has 1 aliphatic rings. The fourth-order valence-electron chi connectivity index (χ4n) is 3.46. The molecule has 1 aromatic rings. The molecule has 172 valence electrons. The number of ether oxygens (including phenoxy) is 2. The van der Waals surface area contributed by atoms with Gasteiger partial charge in [0.25, 0.3) is 5.91 Å². The van der Waals surface area contributed by atoms with E-state index in [4.69, 9.17) is 9.47 Å². The van der Waals surface area contributed by atoms with Crippen LogP contribution in [0.1, 0.15) is 50.4 Å². The average molecular weight is 434 g/mol. The van der Waals surface area contributed by atoms with Crippen molar-refractivity contribution in [2.75, 3.05) is 39.9 Å². The Morgan fingerprint density at radius 3 is 2.52 bits per heavy atom. The first-order valence-corrected chi connectivity index (χ1v) is 10.8. The van der Waals surface area contributed by atoms with Crippen molar-refractivity contribution in [3.05, 3.63) is 35.9 Å². The van der Waals surface area contributed by atoms with Crippen molar-refractivity contribution in [1.82, 2.24) is 15.1 Å². The van der Waals surface area contributed by atoms with Crippen molar-refractivity contribution in [1.29, 1.82) is 0 Å². The second kappa shape index (κ2) is 11.7. The van der Waals surface area contributed by atoms with Crippen LogP contribution in [0.5, 0.6) is 0 Å². The van der Waals surface area contributed by atoms with Gasteiger partial charge in [0.05, 0.1) is 6.61 Å². The lowest BCUT2D eigenvalue weighted by Crippen LogP contribution is -2.53. The molecule has 0 unspecified atom stereocenters. The molecule has 1 aromatic carbocycles. The van der Waals surface area contributed by atoms with E-state index in [1.54, 1.807) is 44.9 Å². The van der Waals surface area contributed by atoms with E-state index < -0.39 is 11.7 Å². The Morgan fingerprint density at radius 1 is 1.16 bits per heavy atom. The lowest BCUT2D eigenvalue weighted by atomic mass is 10.0. The highest BCUT2D eigenvalue weighted by Crippen LogP contribution is 2.18. The highest BCUT2D eigenvalue weighted by molar-refractivity contribution is 5.94. The monoisotopic (exact) mass is 433 g/mol. The maximum atomic E-state index is 13.1. The van der Waals surface area contributed by atoms with Gasteiger partial charge >= 0.3 is 6.09 Å². The van der Waals surface area contributed by atoms with Crippen LogP contribution < -0.4 is 5.32 Å². The zero-order valence-electron chi connectivity index (χ0n) is 19.1. The van der Waals surface area contributed by atoms with Crippen molar-refractivity contribution >= 4 is 17.9 Å². The third-order valence-corrected chi connectivity index (χ3v) is 5.02. The molecule has 0 spiro atoms. The first-order valence-electron chi connectivity index (χ1n) is 10.8. The lowest BCUT2D eigenvalue weighted by Gasteiger charge is -2.37. The van der Waals surface area contributed by atoms with Crippen LogP contribution in [0.3, 0.4) is 0 Å². The summed E-state index contributed by atoms with van der Waals surface area (Å²) in [4.78, 5) is 41.2. The quantitative estimate of drug-likeness (QED) is 0.681. The van der Waals surface area contributed by atoms with Gasteiger partial charge in [0, 0.05) is 38.3 Å². The van der Waals surface area contributed by atoms with Crippen LogP contribution in [-0.4, -0.2) is 79.2 Å². The van der Waals surface area contributed by atoms with Crippen LogP contribution in [0, 0.1) is 0 Å². The molecular weight excluding hydrogens is 398 g/mol. The van der Waals surface area contributed by atoms with Gasteiger partial charge in [0.2, 0.25) is 5.91 Å². The zero-order chi connectivity index (χ0) is 22.9. The van der Waals surface area contributed by atoms with Gasteiger partial charge in [0.15, 0.2) is 0 Å². The summed E-state index contributed by atoms with van der Waals surface area (Å²) in [5, 5.41) is 2.94. The van der Waals surface area contributed by atoms with E-state index in [1.807, 2.05) is 18.2 Å². The predicted octanol–water partition coefficient (Wildman–Crippen LogP) is 2.68. The number of nitrogens with one attached hydrogen (secondary N) is 1. The highest BCUT2D eigenvalue weighted by Gasteiger charge is 2.30. The van der Waals surface area contributed by atoms with Gasteiger partial charge in [-0.25, -0.2) is 4.79 Å². The van der Waals surface area contributed by atoms with Crippen molar-refractivity contribution in [3.8, 4) is 0 Å². The molecule has 1 heterocycles. The molecule has 8 heteroatoms. The maximum absolute atomic E-state index is 13.1. The van der Waals surface area contributed by atoms with E-state index in [0.717, 1.165) is 19.3 Å². The number of benzene rings is 1. The van der Waals surface area contributed by atoms with Gasteiger partial charge < -0.3 is 19.7 Å². The molecular formula is C23H35N3O5. The number of carbonyl (C=O) groups is 3. The SMILES string of the molecule is COCCN(CC(=O)N1CCCC[C@@H]1CNC(=O)c1ccccc1)C(=O)OC(C)(C)C. The average Bonchev–Trinajstić information content (AvgIpc) is 2.74. The van der Waals surface area contributed by atoms with E-state index in [2.05, 4.69) is 5.32 Å². The largest absolute Gasteiger partial charge is 0.444 e. The summed E-state index contributed by atoms with van der Waals surface area (Å²) in [7, 11) is 1.55. The number of amides is 3. The molecule has 0 bridgehead atoms. The summed E-state index contributed by atoms with van der Waals surface area (Å²) in [6, 6.07) is 8.91. The molecule has 0 saturated carbocycles. The van der Waals surface area contributed by atoms with E-state index in [9.17, 15) is 14.4 Å². The molecule has 3 amide bonds. The molecule has 0 aliphatic carbocycles. The Bertz CT molecular complexity index is 732. The van der Waals surface area contributed by atoms with Crippen molar-refractivity contribution in [2.45, 2.75) is 51.7 Å². The molecule has 1 N–H and O–H groups in total. The summed E-state index contributed by atoms with van der Waals surface area (Å²) in [5.74, 6) is -0.310. The van der Waals surface area contributed by atoms with Crippen molar-refractivity contribution in [3.63, 3.8) is 0 Å². The highest BCUT2D eigenvalue weighted by atomic mass is 16.6. The molecule has 1 atom stereocenters. The smallest absolute Gasteiger partial charge is 0.410 e. The summed E-state index contributed by atoms with van der Waals surface area (Å²) >= 11 is 0. The molecule has 1 fully saturated rings. The van der Waals surface area contributed by atoms with Crippen LogP contribution >= 0.6 is 0 Å². The third kappa shape index (κ3) is 8.20. The van der Waals surface area contributed by atoms with Crippen LogP contribution in [0.15, 0.2) is 30.3 Å². The summed E-state index contributed by atoms with van der Waals surface area (Å²) < 4.78 is 10.5. The van der Waals surface area contributed by atoms with E-state index in [0.29, 0.717) is 25.3 Å². The van der Waals surface area contributed by atoms with E-state index in [-0.39, 0.29) is 30.9 Å². The Balaban J connectivity index is 1.99. The van der Waals surface area contributed by atoms with Gasteiger partial charge in [-0.05, 0) is 52.2 Å². The molecule has 0 aromatic heterocycles. The van der Waals surface area contributed by atoms with Gasteiger partial charge in [-0.15, -0.1) is 0 Å². The number of likely N-dealkylation sites (tertiary alicyclic amines) is 1. The third-order valence-electron chi connectivity index (χ3n) is 5.02. The minimum absolute atomic E-state index is 0.0819. The Kier molecular flexibility index (Phi) is 9.30. The second-order valence-electron chi connectivity index (χ2n) is 8.71. The number of carbonyl (C=O) groups excluding carboxylic acids is 3. The first kappa shape index (κ1) is 24.7. The topological polar surface area (TPSA) is 88.2 Å². The minimum Gasteiger partial charge on any atom is -0.444 e. The van der Waals surface area contributed by atoms with Crippen LogP contribution in [0.2, 0.25) is 0 Å². The molecule has 8 nitrogen and oxygen atoms in total. The van der Waals surface area contributed by atoms with Crippen LogP contribution in [0.25, 0.3) is 0 Å². The number of hydrogen-bond donors (Lipinski definition) is 1. The number of rotatable bonds is 8. The van der Waals surface area contributed by atoms with Gasteiger partial charge in [-0.1, -0.05) is 18.2 Å². The van der Waals surface area contributed by atoms with E-state index >= 15 is 0 Å². The number of piperidine rings is 1. The standard InChI is InChI=1S/C23H35N3O5/c1-23(2,3)31-22(29)25(14-15-30-4)17-20(27)26-13-9-8-12-19(26)16-24-21(28)18-10-6-5-7-11-18/h5-7,10-11,19H,8-9,12-17H2,1-4H3,(H,24,28)/t19-/m1/s1. The van der Waals surface area contributed by atoms with Gasteiger partial charge in [-0.3, -0.25) is 14.5 Å². The number of hydrogen-bond acceptors (Lipinski definition) is 5. The Labute approximate surface area is 184 Å². The molecule has 1 saturated heterocycles. The zero-order valence-corrected chi connectivity index (χ0v) is 19.1. The number of nitrogens with zero attached hydrogens (tertiary/aromatic N) is 2. The molecule has 2 rings (SSSR count). The fraction of sp³-hybridized carbons (Fsp3) is 0.609. The molecule has 1 aliphatic heterocycles. The van der Waals surface area contributed by atoms with Gasteiger partial charge in [0.1, 0.15) is 12.1 Å². The maximum Gasteiger partial charge on any atom is 0.410 e. The molecule has 31 heavy (non-hydrogen) atoms. The second-order valence-corrected chi connectivity index (χ2v) is 8.71.